The van der Waals surface area contributed by atoms with Crippen LogP contribution >= 0.6 is 0 Å². The highest BCUT2D eigenvalue weighted by Gasteiger charge is 2.27. The SMILES string of the molecule is COc1ccc(C2Cc3c(F)ccc(C)c3N2)c(C)c1. The summed E-state index contributed by atoms with van der Waals surface area (Å²) in [5.41, 5.74) is 5.19. The standard InChI is InChI=1S/C17H18FNO/c1-10-4-7-15(18)14-9-16(19-17(10)14)13-6-5-12(20-3)8-11(13)2/h4-8,16,19H,9H2,1-3H3. The molecule has 1 aliphatic rings. The van der Waals surface area contributed by atoms with Gasteiger partial charge in [-0.15, -0.1) is 0 Å². The number of hydrogen-bond donors (Lipinski definition) is 1. The third kappa shape index (κ3) is 2.03. The first kappa shape index (κ1) is 13.0. The lowest BCUT2D eigenvalue weighted by molar-refractivity contribution is 0.414. The molecule has 3 rings (SSSR count). The summed E-state index contributed by atoms with van der Waals surface area (Å²) in [4.78, 5) is 0. The van der Waals surface area contributed by atoms with Crippen LogP contribution in [0.5, 0.6) is 5.75 Å². The van der Waals surface area contributed by atoms with Gasteiger partial charge in [0.1, 0.15) is 11.6 Å². The molecule has 104 valence electrons. The number of rotatable bonds is 2. The van der Waals surface area contributed by atoms with Crippen molar-refractivity contribution in [2.75, 3.05) is 12.4 Å². The van der Waals surface area contributed by atoms with Gasteiger partial charge in [-0.1, -0.05) is 12.1 Å². The lowest BCUT2D eigenvalue weighted by Crippen LogP contribution is -2.08. The number of fused-ring (bicyclic) bond motifs is 1. The summed E-state index contributed by atoms with van der Waals surface area (Å²) in [6.07, 6.45) is 0.690. The molecule has 0 aliphatic carbocycles. The van der Waals surface area contributed by atoms with Crippen molar-refractivity contribution in [3.05, 3.63) is 58.4 Å². The van der Waals surface area contributed by atoms with Gasteiger partial charge in [0, 0.05) is 17.7 Å². The number of nitrogens with one attached hydrogen (secondary N) is 1. The summed E-state index contributed by atoms with van der Waals surface area (Å²) in [6, 6.07) is 9.54. The first-order chi connectivity index (χ1) is 9.60. The highest BCUT2D eigenvalue weighted by atomic mass is 19.1. The summed E-state index contributed by atoms with van der Waals surface area (Å²) in [6.45, 7) is 4.07. The van der Waals surface area contributed by atoms with Crippen molar-refractivity contribution in [1.82, 2.24) is 0 Å². The summed E-state index contributed by atoms with van der Waals surface area (Å²) < 4.78 is 19.2. The number of aryl methyl sites for hydroxylation is 2. The van der Waals surface area contributed by atoms with Gasteiger partial charge < -0.3 is 10.1 Å². The van der Waals surface area contributed by atoms with E-state index in [1.807, 2.05) is 25.1 Å². The average Bonchev–Trinajstić information content (AvgIpc) is 2.89. The van der Waals surface area contributed by atoms with E-state index in [4.69, 9.17) is 4.74 Å². The van der Waals surface area contributed by atoms with Crippen LogP contribution in [0.3, 0.4) is 0 Å². The number of methoxy groups -OCH3 is 1. The summed E-state index contributed by atoms with van der Waals surface area (Å²) in [7, 11) is 1.66. The fourth-order valence-electron chi connectivity index (χ4n) is 2.92. The van der Waals surface area contributed by atoms with Gasteiger partial charge in [0.15, 0.2) is 0 Å². The summed E-state index contributed by atoms with van der Waals surface area (Å²) in [5, 5.41) is 3.46. The van der Waals surface area contributed by atoms with E-state index >= 15 is 0 Å². The highest BCUT2D eigenvalue weighted by Crippen LogP contribution is 2.39. The summed E-state index contributed by atoms with van der Waals surface area (Å²) in [5.74, 6) is 0.732. The van der Waals surface area contributed by atoms with Crippen LogP contribution in [-0.4, -0.2) is 7.11 Å². The van der Waals surface area contributed by atoms with Crippen LogP contribution in [0.2, 0.25) is 0 Å². The number of halogens is 1. The minimum absolute atomic E-state index is 0.119. The van der Waals surface area contributed by atoms with E-state index in [1.54, 1.807) is 13.2 Å². The van der Waals surface area contributed by atoms with Gasteiger partial charge >= 0.3 is 0 Å². The average molecular weight is 271 g/mol. The number of benzene rings is 2. The quantitative estimate of drug-likeness (QED) is 0.885. The zero-order valence-electron chi connectivity index (χ0n) is 12.0. The minimum Gasteiger partial charge on any atom is -0.497 e. The second-order valence-corrected chi connectivity index (χ2v) is 5.34. The maximum absolute atomic E-state index is 13.9. The predicted molar refractivity (Wildman–Crippen MR) is 78.9 cm³/mol. The Morgan fingerprint density at radius 2 is 1.95 bits per heavy atom. The Kier molecular flexibility index (Phi) is 3.13. The van der Waals surface area contributed by atoms with E-state index in [-0.39, 0.29) is 11.9 Å². The Morgan fingerprint density at radius 1 is 1.15 bits per heavy atom. The van der Waals surface area contributed by atoms with Gasteiger partial charge in [0.05, 0.1) is 13.2 Å². The van der Waals surface area contributed by atoms with Crippen molar-refractivity contribution in [2.24, 2.45) is 0 Å². The lowest BCUT2D eigenvalue weighted by Gasteiger charge is -2.16. The van der Waals surface area contributed by atoms with Crippen molar-refractivity contribution >= 4 is 5.69 Å². The van der Waals surface area contributed by atoms with E-state index in [0.717, 1.165) is 28.1 Å². The van der Waals surface area contributed by atoms with Gasteiger partial charge in [0.25, 0.3) is 0 Å². The molecule has 0 radical (unpaired) electrons. The van der Waals surface area contributed by atoms with Crippen LogP contribution < -0.4 is 10.1 Å². The summed E-state index contributed by atoms with van der Waals surface area (Å²) >= 11 is 0. The Bertz CT molecular complexity index is 635. The van der Waals surface area contributed by atoms with Gasteiger partial charge in [0.2, 0.25) is 0 Å². The molecule has 0 saturated heterocycles. The Hall–Kier alpha value is -2.03. The molecule has 1 N–H and O–H groups in total. The number of hydrogen-bond acceptors (Lipinski definition) is 2. The molecule has 0 bridgehead atoms. The topological polar surface area (TPSA) is 21.3 Å². The fraction of sp³-hybridized carbons (Fsp3) is 0.294. The van der Waals surface area contributed by atoms with Crippen LogP contribution in [-0.2, 0) is 6.42 Å². The van der Waals surface area contributed by atoms with Crippen LogP contribution in [0.4, 0.5) is 10.1 Å². The molecule has 2 aromatic carbocycles. The van der Waals surface area contributed by atoms with Gasteiger partial charge in [-0.2, -0.15) is 0 Å². The molecule has 0 aromatic heterocycles. The maximum atomic E-state index is 13.9. The maximum Gasteiger partial charge on any atom is 0.128 e. The molecule has 0 saturated carbocycles. The smallest absolute Gasteiger partial charge is 0.128 e. The normalized spacial score (nSPS) is 16.7. The third-order valence-corrected chi connectivity index (χ3v) is 4.04. The lowest BCUT2D eigenvalue weighted by atomic mass is 9.98. The molecule has 2 nitrogen and oxygen atoms in total. The molecule has 1 unspecified atom stereocenters. The van der Waals surface area contributed by atoms with Crippen molar-refractivity contribution in [2.45, 2.75) is 26.3 Å². The van der Waals surface area contributed by atoms with E-state index in [2.05, 4.69) is 18.3 Å². The van der Waals surface area contributed by atoms with E-state index in [0.29, 0.717) is 6.42 Å². The van der Waals surface area contributed by atoms with Crippen molar-refractivity contribution in [3.8, 4) is 5.75 Å². The molecule has 1 heterocycles. The Balaban J connectivity index is 1.96. The van der Waals surface area contributed by atoms with Gasteiger partial charge in [-0.05, 0) is 48.7 Å². The zero-order chi connectivity index (χ0) is 14.3. The minimum atomic E-state index is -0.119. The zero-order valence-corrected chi connectivity index (χ0v) is 12.0. The molecule has 2 aromatic rings. The molecule has 3 heteroatoms. The molecule has 0 spiro atoms. The Morgan fingerprint density at radius 3 is 2.60 bits per heavy atom. The fourth-order valence-corrected chi connectivity index (χ4v) is 2.92. The first-order valence-electron chi connectivity index (χ1n) is 6.79. The monoisotopic (exact) mass is 271 g/mol. The second-order valence-electron chi connectivity index (χ2n) is 5.34. The van der Waals surface area contributed by atoms with E-state index in [9.17, 15) is 4.39 Å². The van der Waals surface area contributed by atoms with Crippen LogP contribution in [0.15, 0.2) is 30.3 Å². The molecule has 0 amide bonds. The first-order valence-corrected chi connectivity index (χ1v) is 6.79. The second kappa shape index (κ2) is 4.82. The van der Waals surface area contributed by atoms with E-state index < -0.39 is 0 Å². The van der Waals surface area contributed by atoms with Crippen molar-refractivity contribution < 1.29 is 9.13 Å². The molecule has 1 aliphatic heterocycles. The molecule has 1 atom stereocenters. The van der Waals surface area contributed by atoms with Crippen molar-refractivity contribution in [3.63, 3.8) is 0 Å². The van der Waals surface area contributed by atoms with Crippen LogP contribution in [0.25, 0.3) is 0 Å². The number of ether oxygens (including phenoxy) is 1. The highest BCUT2D eigenvalue weighted by molar-refractivity contribution is 5.64. The largest absolute Gasteiger partial charge is 0.497 e. The Labute approximate surface area is 118 Å². The van der Waals surface area contributed by atoms with Crippen molar-refractivity contribution in [1.29, 1.82) is 0 Å². The van der Waals surface area contributed by atoms with Gasteiger partial charge in [-0.3, -0.25) is 0 Å². The predicted octanol–water partition coefficient (Wildman–Crippen LogP) is 4.16. The third-order valence-electron chi connectivity index (χ3n) is 4.04. The van der Waals surface area contributed by atoms with E-state index in [1.165, 1.54) is 5.56 Å². The van der Waals surface area contributed by atoms with Crippen LogP contribution in [0, 0.1) is 19.7 Å². The molecule has 0 fully saturated rings. The number of anilines is 1. The van der Waals surface area contributed by atoms with Crippen LogP contribution in [0.1, 0.15) is 28.3 Å². The van der Waals surface area contributed by atoms with Gasteiger partial charge in [-0.25, -0.2) is 4.39 Å². The molecular formula is C17H18FNO. The molecular weight excluding hydrogens is 253 g/mol. The molecule has 20 heavy (non-hydrogen) atoms.